The zero-order valence-corrected chi connectivity index (χ0v) is 16.3. The van der Waals surface area contributed by atoms with Crippen LogP contribution in [0.15, 0.2) is 61.1 Å². The predicted octanol–water partition coefficient (Wildman–Crippen LogP) is 4.97. The Kier molecular flexibility index (Phi) is 5.47. The van der Waals surface area contributed by atoms with Gasteiger partial charge in [-0.1, -0.05) is 25.1 Å². The molecule has 0 spiro atoms. The third-order valence-electron chi connectivity index (χ3n) is 4.87. The number of aromatic amines is 1. The largest absolute Gasteiger partial charge is 0.359 e. The molecule has 0 saturated heterocycles. The normalized spacial score (nSPS) is 11.2. The van der Waals surface area contributed by atoms with Gasteiger partial charge in [0.1, 0.15) is 0 Å². The molecule has 0 aliphatic carbocycles. The molecule has 2 heterocycles. The van der Waals surface area contributed by atoms with Crippen molar-refractivity contribution in [1.82, 2.24) is 20.1 Å². The number of H-pyrrole nitrogens is 1. The highest BCUT2D eigenvalue weighted by atomic mass is 19.3. The van der Waals surface area contributed by atoms with E-state index in [4.69, 9.17) is 0 Å². The summed E-state index contributed by atoms with van der Waals surface area (Å²) in [7, 11) is 0. The lowest BCUT2D eigenvalue weighted by Gasteiger charge is -2.06. The summed E-state index contributed by atoms with van der Waals surface area (Å²) in [5.41, 5.74) is 5.42. The van der Waals surface area contributed by atoms with E-state index in [9.17, 15) is 13.6 Å². The van der Waals surface area contributed by atoms with Crippen LogP contribution in [0.2, 0.25) is 0 Å². The molecule has 0 atom stereocenters. The second-order valence-corrected chi connectivity index (χ2v) is 6.88. The molecule has 0 saturated carbocycles. The van der Waals surface area contributed by atoms with Crippen LogP contribution in [0.3, 0.4) is 0 Å². The number of benzene rings is 2. The van der Waals surface area contributed by atoms with E-state index >= 15 is 0 Å². The first-order valence-corrected chi connectivity index (χ1v) is 9.62. The number of hydrogen-bond donors (Lipinski definition) is 3. The number of aryl methyl sites for hydroxylation is 1. The van der Waals surface area contributed by atoms with Crippen LogP contribution in [0.25, 0.3) is 27.7 Å². The number of carbonyl (C=O) groups excluding carboxylic acids is 1. The molecule has 8 heteroatoms. The van der Waals surface area contributed by atoms with Crippen molar-refractivity contribution in [2.75, 3.05) is 11.9 Å². The van der Waals surface area contributed by atoms with Crippen molar-refractivity contribution >= 4 is 22.6 Å². The molecule has 4 aromatic rings. The summed E-state index contributed by atoms with van der Waals surface area (Å²) in [4.78, 5) is 14.9. The van der Waals surface area contributed by atoms with Crippen molar-refractivity contribution < 1.29 is 13.6 Å². The van der Waals surface area contributed by atoms with Gasteiger partial charge in [0.25, 0.3) is 6.43 Å². The fourth-order valence-corrected chi connectivity index (χ4v) is 3.24. The molecule has 30 heavy (non-hydrogen) atoms. The van der Waals surface area contributed by atoms with E-state index in [0.717, 1.165) is 34.1 Å². The van der Waals surface area contributed by atoms with Crippen molar-refractivity contribution in [3.63, 3.8) is 0 Å². The highest BCUT2D eigenvalue weighted by molar-refractivity contribution is 6.02. The summed E-state index contributed by atoms with van der Waals surface area (Å²) in [6.45, 7) is 1.42. The number of fused-ring (bicyclic) bond motifs is 1. The number of aromatic nitrogens is 3. The lowest BCUT2D eigenvalue weighted by atomic mass is 10.1. The second kappa shape index (κ2) is 8.36. The maximum atomic E-state index is 12.3. The average Bonchev–Trinajstić information content (AvgIpc) is 3.40. The summed E-state index contributed by atoms with van der Waals surface area (Å²) in [6, 6.07) is 13.3. The molecule has 2 aromatic carbocycles. The molecule has 2 amide bonds. The third kappa shape index (κ3) is 4.17. The number of nitrogens with zero attached hydrogens (tertiary/aromatic N) is 2. The van der Waals surface area contributed by atoms with Crippen LogP contribution >= 0.6 is 0 Å². The smallest absolute Gasteiger partial charge is 0.319 e. The molecule has 0 unspecified atom stereocenters. The SMILES string of the molecule is CCc1ccc(-n2cc(-c3ccc4[nH]cc(NC(=O)NCC(F)F)c4c3)cn2)cc1. The van der Waals surface area contributed by atoms with Gasteiger partial charge < -0.3 is 15.6 Å². The maximum Gasteiger partial charge on any atom is 0.319 e. The van der Waals surface area contributed by atoms with Crippen molar-refractivity contribution in [3.8, 4) is 16.8 Å². The van der Waals surface area contributed by atoms with Gasteiger partial charge >= 0.3 is 6.03 Å². The van der Waals surface area contributed by atoms with Crippen molar-refractivity contribution in [3.05, 3.63) is 66.6 Å². The van der Waals surface area contributed by atoms with Crippen LogP contribution in [-0.4, -0.2) is 33.8 Å². The lowest BCUT2D eigenvalue weighted by Crippen LogP contribution is -2.32. The molecular weight excluding hydrogens is 388 g/mol. The molecule has 3 N–H and O–H groups in total. The van der Waals surface area contributed by atoms with E-state index in [2.05, 4.69) is 39.8 Å². The fourth-order valence-electron chi connectivity index (χ4n) is 3.24. The van der Waals surface area contributed by atoms with Crippen LogP contribution in [0.4, 0.5) is 19.3 Å². The van der Waals surface area contributed by atoms with Gasteiger partial charge in [-0.15, -0.1) is 0 Å². The quantitative estimate of drug-likeness (QED) is 0.421. The van der Waals surface area contributed by atoms with Crippen LogP contribution in [0, 0.1) is 0 Å². The number of anilines is 1. The molecule has 4 rings (SSSR count). The average molecular weight is 409 g/mol. The van der Waals surface area contributed by atoms with Crippen LogP contribution in [0.5, 0.6) is 0 Å². The van der Waals surface area contributed by atoms with Crippen molar-refractivity contribution in [2.45, 2.75) is 19.8 Å². The zero-order chi connectivity index (χ0) is 21.1. The Morgan fingerprint density at radius 3 is 2.70 bits per heavy atom. The van der Waals surface area contributed by atoms with Gasteiger partial charge in [0.15, 0.2) is 0 Å². The Morgan fingerprint density at radius 1 is 1.17 bits per heavy atom. The molecule has 0 aliphatic rings. The van der Waals surface area contributed by atoms with Gasteiger partial charge in [-0.05, 0) is 41.8 Å². The standard InChI is InChI=1S/C22H21F2N5O/c1-2-14-3-6-17(7-4-14)29-13-16(10-27-29)15-5-8-19-18(9-15)20(11-25-19)28-22(30)26-12-21(23)24/h3-11,13,21,25H,2,12H2,1H3,(H2,26,28,30). The Morgan fingerprint density at radius 2 is 1.97 bits per heavy atom. The number of carbonyl (C=O) groups is 1. The predicted molar refractivity (Wildman–Crippen MR) is 113 cm³/mol. The number of alkyl halides is 2. The summed E-state index contributed by atoms with van der Waals surface area (Å²) in [5, 5.41) is 9.97. The number of amides is 2. The number of rotatable bonds is 6. The number of urea groups is 1. The molecular formula is C22H21F2N5O. The minimum Gasteiger partial charge on any atom is -0.359 e. The summed E-state index contributed by atoms with van der Waals surface area (Å²) >= 11 is 0. The Bertz CT molecular complexity index is 1160. The van der Waals surface area contributed by atoms with Crippen LogP contribution in [-0.2, 0) is 6.42 Å². The van der Waals surface area contributed by atoms with Crippen LogP contribution in [0.1, 0.15) is 12.5 Å². The first kappa shape index (κ1) is 19.6. The topological polar surface area (TPSA) is 74.7 Å². The molecule has 0 bridgehead atoms. The van der Waals surface area contributed by atoms with Gasteiger partial charge in [0.05, 0.1) is 24.1 Å². The maximum absolute atomic E-state index is 12.3. The van der Waals surface area contributed by atoms with Gasteiger partial charge in [-0.25, -0.2) is 18.3 Å². The second-order valence-electron chi connectivity index (χ2n) is 6.88. The number of nitrogens with one attached hydrogen (secondary N) is 3. The highest BCUT2D eigenvalue weighted by Crippen LogP contribution is 2.29. The van der Waals surface area contributed by atoms with E-state index in [1.807, 2.05) is 41.2 Å². The Hall–Kier alpha value is -3.68. The first-order chi connectivity index (χ1) is 14.5. The van der Waals surface area contributed by atoms with Gasteiger partial charge in [-0.3, -0.25) is 0 Å². The molecule has 0 aliphatic heterocycles. The van der Waals surface area contributed by atoms with Crippen LogP contribution < -0.4 is 10.6 Å². The third-order valence-corrected chi connectivity index (χ3v) is 4.87. The van der Waals surface area contributed by atoms with Gasteiger partial charge in [0, 0.05) is 28.9 Å². The fraction of sp³-hybridized carbons (Fsp3) is 0.182. The van der Waals surface area contributed by atoms with Gasteiger partial charge in [0.2, 0.25) is 0 Å². The Labute approximate surface area is 171 Å². The molecule has 154 valence electrons. The summed E-state index contributed by atoms with van der Waals surface area (Å²) in [6.07, 6.45) is 3.74. The minimum absolute atomic E-state index is 0.515. The van der Waals surface area contributed by atoms with Crippen molar-refractivity contribution in [2.24, 2.45) is 0 Å². The van der Waals surface area contributed by atoms with E-state index in [-0.39, 0.29) is 0 Å². The lowest BCUT2D eigenvalue weighted by molar-refractivity contribution is 0.148. The highest BCUT2D eigenvalue weighted by Gasteiger charge is 2.11. The van der Waals surface area contributed by atoms with Gasteiger partial charge in [-0.2, -0.15) is 5.10 Å². The Balaban J connectivity index is 1.57. The minimum atomic E-state index is -2.60. The molecule has 0 fully saturated rings. The molecule has 0 radical (unpaired) electrons. The monoisotopic (exact) mass is 409 g/mol. The van der Waals surface area contributed by atoms with E-state index in [1.165, 1.54) is 5.56 Å². The first-order valence-electron chi connectivity index (χ1n) is 9.62. The number of hydrogen-bond acceptors (Lipinski definition) is 2. The number of halogens is 2. The summed E-state index contributed by atoms with van der Waals surface area (Å²) < 4.78 is 26.4. The zero-order valence-electron chi connectivity index (χ0n) is 16.3. The van der Waals surface area contributed by atoms with E-state index in [1.54, 1.807) is 12.4 Å². The van der Waals surface area contributed by atoms with E-state index in [0.29, 0.717) is 5.69 Å². The van der Waals surface area contributed by atoms with Crippen molar-refractivity contribution in [1.29, 1.82) is 0 Å². The van der Waals surface area contributed by atoms with E-state index < -0.39 is 19.0 Å². The summed E-state index contributed by atoms with van der Waals surface area (Å²) in [5.74, 6) is 0. The molecule has 6 nitrogen and oxygen atoms in total. The molecule has 2 aromatic heterocycles.